The molecule has 0 bridgehead atoms. The maximum atomic E-state index is 13.0. The molecule has 0 saturated heterocycles. The van der Waals surface area contributed by atoms with Gasteiger partial charge in [-0.25, -0.2) is 4.39 Å². The topological polar surface area (TPSA) is 32.6 Å². The highest BCUT2D eigenvalue weighted by Gasteiger charge is 2.11. The van der Waals surface area contributed by atoms with E-state index in [2.05, 4.69) is 5.16 Å². The molecule has 0 aliphatic carbocycles. The molecule has 0 spiro atoms. The normalized spacial score (nSPS) is 11.8. The van der Waals surface area contributed by atoms with Gasteiger partial charge in [-0.15, -0.1) is 0 Å². The maximum Gasteiger partial charge on any atom is 0.178 e. The van der Waals surface area contributed by atoms with Crippen LogP contribution in [0.1, 0.15) is 5.56 Å². The van der Waals surface area contributed by atoms with E-state index in [-0.39, 0.29) is 20.8 Å². The number of oxime groups is 1. The highest BCUT2D eigenvalue weighted by Crippen LogP contribution is 2.26. The summed E-state index contributed by atoms with van der Waals surface area (Å²) in [4.78, 5) is 0. The minimum absolute atomic E-state index is 0.0744. The minimum Gasteiger partial charge on any atom is -0.410 e. The quantitative estimate of drug-likeness (QED) is 0.348. The Hall–Kier alpha value is -0.510. The molecular weight excluding hydrogens is 239 g/mol. The Balaban J connectivity index is 3.32. The van der Waals surface area contributed by atoms with Crippen LogP contribution >= 0.6 is 34.8 Å². The average molecular weight is 242 g/mol. The number of halogens is 4. The van der Waals surface area contributed by atoms with E-state index < -0.39 is 5.82 Å². The first-order valence-corrected chi connectivity index (χ1v) is 4.22. The van der Waals surface area contributed by atoms with Crippen LogP contribution < -0.4 is 0 Å². The van der Waals surface area contributed by atoms with Gasteiger partial charge in [0.2, 0.25) is 0 Å². The fourth-order valence-corrected chi connectivity index (χ4v) is 1.19. The number of benzene rings is 1. The maximum absolute atomic E-state index is 13.0. The first-order valence-electron chi connectivity index (χ1n) is 3.08. The van der Waals surface area contributed by atoms with Gasteiger partial charge >= 0.3 is 0 Å². The molecule has 0 aliphatic rings. The predicted molar refractivity (Wildman–Crippen MR) is 50.6 cm³/mol. The molecule has 0 heterocycles. The summed E-state index contributed by atoms with van der Waals surface area (Å²) in [5, 5.41) is 10.8. The third kappa shape index (κ3) is 2.24. The van der Waals surface area contributed by atoms with Crippen molar-refractivity contribution in [3.63, 3.8) is 0 Å². The van der Waals surface area contributed by atoms with E-state index in [1.807, 2.05) is 0 Å². The van der Waals surface area contributed by atoms with Crippen LogP contribution in [-0.4, -0.2) is 10.4 Å². The molecule has 0 aliphatic heterocycles. The highest BCUT2D eigenvalue weighted by molar-refractivity contribution is 6.69. The predicted octanol–water partition coefficient (Wildman–Crippen LogP) is 3.51. The van der Waals surface area contributed by atoms with Gasteiger partial charge in [0.05, 0.1) is 15.6 Å². The summed E-state index contributed by atoms with van der Waals surface area (Å²) in [5.41, 5.74) is -0.0985. The number of hydrogen-bond acceptors (Lipinski definition) is 2. The van der Waals surface area contributed by atoms with Crippen molar-refractivity contribution in [3.8, 4) is 0 Å². The molecule has 2 nitrogen and oxygen atoms in total. The summed E-state index contributed by atoms with van der Waals surface area (Å²) in [7, 11) is 0. The van der Waals surface area contributed by atoms with Crippen LogP contribution in [0.25, 0.3) is 0 Å². The molecule has 1 rings (SSSR count). The van der Waals surface area contributed by atoms with E-state index in [9.17, 15) is 4.39 Å². The first kappa shape index (κ1) is 10.6. The zero-order chi connectivity index (χ0) is 10.0. The van der Waals surface area contributed by atoms with Gasteiger partial charge in [-0.3, -0.25) is 0 Å². The fraction of sp³-hybridized carbons (Fsp3) is 0. The number of nitrogens with zero attached hydrogens (tertiary/aromatic N) is 1. The van der Waals surface area contributed by atoms with Gasteiger partial charge in [0.25, 0.3) is 0 Å². The van der Waals surface area contributed by atoms with E-state index in [0.717, 1.165) is 6.07 Å². The average Bonchev–Trinajstić information content (AvgIpc) is 2.10. The third-order valence-corrected chi connectivity index (χ3v) is 2.32. The molecule has 0 amide bonds. The molecule has 6 heteroatoms. The SMILES string of the molecule is O/N=C(\Cl)c1cc(Cl)c(Cl)cc1F. The monoisotopic (exact) mass is 241 g/mol. The van der Waals surface area contributed by atoms with Gasteiger partial charge < -0.3 is 5.21 Å². The molecule has 0 fully saturated rings. The largest absolute Gasteiger partial charge is 0.410 e. The van der Waals surface area contributed by atoms with Crippen molar-refractivity contribution in [2.24, 2.45) is 5.16 Å². The zero-order valence-corrected chi connectivity index (χ0v) is 8.33. The molecule has 0 unspecified atom stereocenters. The second-order valence-electron chi connectivity index (χ2n) is 2.14. The van der Waals surface area contributed by atoms with Crippen LogP contribution in [0.4, 0.5) is 4.39 Å². The van der Waals surface area contributed by atoms with Gasteiger partial charge in [-0.1, -0.05) is 40.0 Å². The van der Waals surface area contributed by atoms with Crippen LogP contribution in [0.2, 0.25) is 10.0 Å². The van der Waals surface area contributed by atoms with Crippen LogP contribution in [0.15, 0.2) is 17.3 Å². The fourth-order valence-electron chi connectivity index (χ4n) is 0.735. The van der Waals surface area contributed by atoms with Gasteiger partial charge in [0, 0.05) is 0 Å². The van der Waals surface area contributed by atoms with Crippen LogP contribution in [0.5, 0.6) is 0 Å². The lowest BCUT2D eigenvalue weighted by Crippen LogP contribution is -1.96. The van der Waals surface area contributed by atoms with Crippen molar-refractivity contribution in [1.29, 1.82) is 0 Å². The van der Waals surface area contributed by atoms with Crippen molar-refractivity contribution < 1.29 is 9.60 Å². The van der Waals surface area contributed by atoms with E-state index in [0.29, 0.717) is 0 Å². The Morgan fingerprint density at radius 1 is 1.31 bits per heavy atom. The lowest BCUT2D eigenvalue weighted by atomic mass is 10.2. The molecule has 0 radical (unpaired) electrons. The van der Waals surface area contributed by atoms with Crippen molar-refractivity contribution in [3.05, 3.63) is 33.6 Å². The summed E-state index contributed by atoms with van der Waals surface area (Å²) < 4.78 is 13.0. The first-order chi connectivity index (χ1) is 6.06. The lowest BCUT2D eigenvalue weighted by molar-refractivity contribution is 0.320. The molecule has 0 saturated carbocycles. The third-order valence-electron chi connectivity index (χ3n) is 1.32. The van der Waals surface area contributed by atoms with Crippen molar-refractivity contribution >= 4 is 40.0 Å². The zero-order valence-electron chi connectivity index (χ0n) is 6.06. The molecular formula is C7H3Cl3FNO. The minimum atomic E-state index is -0.697. The molecule has 0 atom stereocenters. The van der Waals surface area contributed by atoms with Crippen molar-refractivity contribution in [1.82, 2.24) is 0 Å². The molecule has 1 aromatic carbocycles. The standard InChI is InChI=1S/C7H3Cl3FNO/c8-4-1-3(7(10)12-13)6(11)2-5(4)9/h1-2,13H/b12-7-. The summed E-state index contributed by atoms with van der Waals surface area (Å²) >= 11 is 16.5. The Bertz CT molecular complexity index is 367. The van der Waals surface area contributed by atoms with Crippen molar-refractivity contribution in [2.45, 2.75) is 0 Å². The van der Waals surface area contributed by atoms with Gasteiger partial charge in [-0.05, 0) is 12.1 Å². The molecule has 0 aromatic heterocycles. The number of hydrogen-bond donors (Lipinski definition) is 1. The van der Waals surface area contributed by atoms with E-state index in [4.69, 9.17) is 40.0 Å². The summed E-state index contributed by atoms with van der Waals surface area (Å²) in [6, 6.07) is 2.17. The summed E-state index contributed by atoms with van der Waals surface area (Å²) in [6.45, 7) is 0. The van der Waals surface area contributed by atoms with E-state index in [1.165, 1.54) is 6.07 Å². The Morgan fingerprint density at radius 2 is 1.85 bits per heavy atom. The van der Waals surface area contributed by atoms with Crippen LogP contribution in [0.3, 0.4) is 0 Å². The van der Waals surface area contributed by atoms with Crippen molar-refractivity contribution in [2.75, 3.05) is 0 Å². The van der Waals surface area contributed by atoms with Crippen LogP contribution in [0, 0.1) is 5.82 Å². The molecule has 1 N–H and O–H groups in total. The highest BCUT2D eigenvalue weighted by atomic mass is 35.5. The Labute approximate surface area is 88.5 Å². The second-order valence-corrected chi connectivity index (χ2v) is 3.31. The van der Waals surface area contributed by atoms with Gasteiger partial charge in [0.15, 0.2) is 5.17 Å². The molecule has 13 heavy (non-hydrogen) atoms. The Morgan fingerprint density at radius 3 is 2.38 bits per heavy atom. The molecule has 1 aromatic rings. The second kappa shape index (κ2) is 4.13. The van der Waals surface area contributed by atoms with Gasteiger partial charge in [0.1, 0.15) is 5.82 Å². The summed E-state index contributed by atoms with van der Waals surface area (Å²) in [5.74, 6) is -0.697. The van der Waals surface area contributed by atoms with Gasteiger partial charge in [-0.2, -0.15) is 0 Å². The Kier molecular flexibility index (Phi) is 3.36. The number of rotatable bonds is 1. The summed E-state index contributed by atoms with van der Waals surface area (Å²) in [6.07, 6.45) is 0. The molecule has 70 valence electrons. The van der Waals surface area contributed by atoms with Crippen LogP contribution in [-0.2, 0) is 0 Å². The lowest BCUT2D eigenvalue weighted by Gasteiger charge is -2.01. The van der Waals surface area contributed by atoms with E-state index >= 15 is 0 Å². The smallest absolute Gasteiger partial charge is 0.178 e. The van der Waals surface area contributed by atoms with E-state index in [1.54, 1.807) is 0 Å².